The first-order chi connectivity index (χ1) is 7.19. The largest absolute Gasteiger partial charge is 0.310 e. The molecule has 1 atom stereocenters. The van der Waals surface area contributed by atoms with Crippen LogP contribution >= 0.6 is 38.9 Å². The van der Waals surface area contributed by atoms with E-state index in [1.807, 2.05) is 0 Å². The molecule has 1 rings (SSSR count). The van der Waals surface area contributed by atoms with Gasteiger partial charge in [0.2, 0.25) is 0 Å². The molecule has 0 spiro atoms. The van der Waals surface area contributed by atoms with Crippen molar-refractivity contribution in [3.63, 3.8) is 0 Å². The van der Waals surface area contributed by atoms with Crippen LogP contribution in [0.3, 0.4) is 0 Å². The van der Waals surface area contributed by atoms with E-state index in [1.165, 1.54) is 24.1 Å². The molecule has 1 aromatic rings. The number of hydrogen-bond acceptors (Lipinski definition) is 2. The van der Waals surface area contributed by atoms with Crippen LogP contribution in [0.25, 0.3) is 0 Å². The molecule has 1 aromatic heterocycles. The third-order valence-corrected chi connectivity index (χ3v) is 4.89. The summed E-state index contributed by atoms with van der Waals surface area (Å²) in [7, 11) is 0. The summed E-state index contributed by atoms with van der Waals surface area (Å²) >= 11 is 11.2. The molecule has 0 aliphatic carbocycles. The Hall–Kier alpha value is 0.430. The zero-order valence-electron chi connectivity index (χ0n) is 9.15. The van der Waals surface area contributed by atoms with Gasteiger partial charge in [0, 0.05) is 10.9 Å². The van der Waals surface area contributed by atoms with Crippen LogP contribution in [0.15, 0.2) is 9.85 Å². The van der Waals surface area contributed by atoms with Crippen molar-refractivity contribution in [1.29, 1.82) is 0 Å². The monoisotopic (exact) mass is 309 g/mol. The van der Waals surface area contributed by atoms with Crippen molar-refractivity contribution in [1.82, 2.24) is 5.32 Å². The van der Waals surface area contributed by atoms with Gasteiger partial charge in [-0.1, -0.05) is 38.3 Å². The second-order valence-corrected chi connectivity index (χ2v) is 6.33. The van der Waals surface area contributed by atoms with Crippen LogP contribution in [0.1, 0.15) is 44.0 Å². The molecule has 15 heavy (non-hydrogen) atoms. The Kier molecular flexibility index (Phi) is 6.20. The fourth-order valence-electron chi connectivity index (χ4n) is 1.53. The molecule has 1 N–H and O–H groups in total. The lowest BCUT2D eigenvalue weighted by molar-refractivity contribution is 0.501. The standard InChI is InChI=1S/C11H17BrClNS/c1-3-5-6-9(14-4-2)10-7-8(13)11(12)15-10/h7,9,14H,3-6H2,1-2H3. The minimum absolute atomic E-state index is 0.462. The van der Waals surface area contributed by atoms with Gasteiger partial charge in [-0.3, -0.25) is 0 Å². The van der Waals surface area contributed by atoms with Crippen LogP contribution in [0.2, 0.25) is 5.02 Å². The Bertz CT molecular complexity index is 281. The van der Waals surface area contributed by atoms with Gasteiger partial charge in [0.25, 0.3) is 0 Å². The molecule has 0 amide bonds. The van der Waals surface area contributed by atoms with Crippen molar-refractivity contribution in [2.75, 3.05) is 6.54 Å². The van der Waals surface area contributed by atoms with Gasteiger partial charge in [0.15, 0.2) is 0 Å². The molecule has 0 aliphatic rings. The first-order valence-electron chi connectivity index (χ1n) is 5.37. The van der Waals surface area contributed by atoms with Crippen LogP contribution in [-0.2, 0) is 0 Å². The van der Waals surface area contributed by atoms with Gasteiger partial charge < -0.3 is 5.32 Å². The molecule has 0 saturated heterocycles. The number of thiophene rings is 1. The molecular formula is C11H17BrClNS. The molecule has 1 heterocycles. The average Bonchev–Trinajstić information content (AvgIpc) is 2.54. The van der Waals surface area contributed by atoms with Gasteiger partial charge in [-0.05, 0) is 35.0 Å². The molecule has 86 valence electrons. The lowest BCUT2D eigenvalue weighted by Gasteiger charge is -2.15. The van der Waals surface area contributed by atoms with Crippen molar-refractivity contribution >= 4 is 38.9 Å². The first kappa shape index (κ1) is 13.5. The van der Waals surface area contributed by atoms with E-state index >= 15 is 0 Å². The van der Waals surface area contributed by atoms with Crippen LogP contribution in [0, 0.1) is 0 Å². The topological polar surface area (TPSA) is 12.0 Å². The van der Waals surface area contributed by atoms with Gasteiger partial charge >= 0.3 is 0 Å². The molecular weight excluding hydrogens is 294 g/mol. The first-order valence-corrected chi connectivity index (χ1v) is 7.35. The van der Waals surface area contributed by atoms with E-state index in [4.69, 9.17) is 11.6 Å². The fourth-order valence-corrected chi connectivity index (χ4v) is 3.39. The number of halogens is 2. The van der Waals surface area contributed by atoms with Crippen LogP contribution in [0.4, 0.5) is 0 Å². The fraction of sp³-hybridized carbons (Fsp3) is 0.636. The van der Waals surface area contributed by atoms with E-state index in [1.54, 1.807) is 11.3 Å². The Labute approximate surface area is 109 Å². The third-order valence-electron chi connectivity index (χ3n) is 2.30. The predicted molar refractivity (Wildman–Crippen MR) is 73.0 cm³/mol. The molecule has 0 bridgehead atoms. The van der Waals surface area contributed by atoms with Crippen molar-refractivity contribution in [3.05, 3.63) is 19.8 Å². The van der Waals surface area contributed by atoms with Gasteiger partial charge in [-0.2, -0.15) is 0 Å². The average molecular weight is 311 g/mol. The highest BCUT2D eigenvalue weighted by Gasteiger charge is 2.14. The molecule has 0 aliphatic heterocycles. The highest BCUT2D eigenvalue weighted by Crippen LogP contribution is 2.36. The maximum absolute atomic E-state index is 6.04. The van der Waals surface area contributed by atoms with Crippen LogP contribution < -0.4 is 5.32 Å². The smallest absolute Gasteiger partial charge is 0.0887 e. The van der Waals surface area contributed by atoms with E-state index in [0.717, 1.165) is 15.4 Å². The van der Waals surface area contributed by atoms with Crippen LogP contribution in [-0.4, -0.2) is 6.54 Å². The number of unbranched alkanes of at least 4 members (excludes halogenated alkanes) is 1. The summed E-state index contributed by atoms with van der Waals surface area (Å²) in [5, 5.41) is 4.33. The number of nitrogens with one attached hydrogen (secondary N) is 1. The molecule has 1 nitrogen and oxygen atoms in total. The Morgan fingerprint density at radius 1 is 1.53 bits per heavy atom. The van der Waals surface area contributed by atoms with Gasteiger partial charge in [0.05, 0.1) is 8.81 Å². The summed E-state index contributed by atoms with van der Waals surface area (Å²) in [5.41, 5.74) is 0. The van der Waals surface area contributed by atoms with Crippen molar-refractivity contribution in [2.24, 2.45) is 0 Å². The summed E-state index contributed by atoms with van der Waals surface area (Å²) in [4.78, 5) is 1.34. The molecule has 0 aromatic carbocycles. The van der Waals surface area contributed by atoms with E-state index < -0.39 is 0 Å². The van der Waals surface area contributed by atoms with Gasteiger partial charge in [-0.15, -0.1) is 11.3 Å². The van der Waals surface area contributed by atoms with E-state index in [0.29, 0.717) is 6.04 Å². The highest BCUT2D eigenvalue weighted by atomic mass is 79.9. The number of hydrogen-bond donors (Lipinski definition) is 1. The summed E-state index contributed by atoms with van der Waals surface area (Å²) in [5.74, 6) is 0. The normalized spacial score (nSPS) is 13.1. The minimum Gasteiger partial charge on any atom is -0.310 e. The lowest BCUT2D eigenvalue weighted by atomic mass is 10.1. The minimum atomic E-state index is 0.462. The van der Waals surface area contributed by atoms with Gasteiger partial charge in [-0.25, -0.2) is 0 Å². The second kappa shape index (κ2) is 6.89. The Morgan fingerprint density at radius 2 is 2.27 bits per heavy atom. The molecule has 0 fully saturated rings. The van der Waals surface area contributed by atoms with E-state index in [2.05, 4.69) is 41.2 Å². The zero-order chi connectivity index (χ0) is 11.3. The van der Waals surface area contributed by atoms with E-state index in [-0.39, 0.29) is 0 Å². The van der Waals surface area contributed by atoms with Crippen LogP contribution in [0.5, 0.6) is 0 Å². The van der Waals surface area contributed by atoms with Crippen molar-refractivity contribution in [3.8, 4) is 0 Å². The van der Waals surface area contributed by atoms with E-state index in [9.17, 15) is 0 Å². The predicted octanol–water partition coefficient (Wildman–Crippen LogP) is 5.00. The third kappa shape index (κ3) is 4.06. The van der Waals surface area contributed by atoms with Crippen molar-refractivity contribution in [2.45, 2.75) is 39.2 Å². The summed E-state index contributed by atoms with van der Waals surface area (Å²) in [6.45, 7) is 5.37. The summed E-state index contributed by atoms with van der Waals surface area (Å²) in [6, 6.07) is 2.53. The Morgan fingerprint density at radius 3 is 2.73 bits per heavy atom. The molecule has 1 unspecified atom stereocenters. The maximum Gasteiger partial charge on any atom is 0.0887 e. The lowest BCUT2D eigenvalue weighted by Crippen LogP contribution is -2.19. The SMILES string of the molecule is CCCCC(NCC)c1cc(Cl)c(Br)s1. The summed E-state index contributed by atoms with van der Waals surface area (Å²) < 4.78 is 1.04. The maximum atomic E-state index is 6.04. The second-order valence-electron chi connectivity index (χ2n) is 3.52. The zero-order valence-corrected chi connectivity index (χ0v) is 12.3. The van der Waals surface area contributed by atoms with Gasteiger partial charge in [0.1, 0.15) is 0 Å². The quantitative estimate of drug-likeness (QED) is 0.779. The summed E-state index contributed by atoms with van der Waals surface area (Å²) in [6.07, 6.45) is 3.68. The molecule has 0 radical (unpaired) electrons. The molecule has 0 saturated carbocycles. The molecule has 4 heteroatoms. The van der Waals surface area contributed by atoms with Crippen molar-refractivity contribution < 1.29 is 0 Å². The Balaban J connectivity index is 2.69. The number of rotatable bonds is 6. The highest BCUT2D eigenvalue weighted by molar-refractivity contribution is 9.11.